The lowest BCUT2D eigenvalue weighted by atomic mass is 9.92. The van der Waals surface area contributed by atoms with Crippen LogP contribution in [0.25, 0.3) is 247 Å². The van der Waals surface area contributed by atoms with Crippen LogP contribution >= 0.6 is 0 Å². The molecule has 9 aromatic heterocycles. The molecule has 0 aliphatic heterocycles. The quantitative estimate of drug-likeness (QED) is 0.110. The van der Waals surface area contributed by atoms with Crippen molar-refractivity contribution < 1.29 is 0 Å². The summed E-state index contributed by atoms with van der Waals surface area (Å²) in [4.78, 5) is 0. The van der Waals surface area contributed by atoms with E-state index in [1.165, 1.54) is 202 Å². The van der Waals surface area contributed by atoms with Crippen LogP contribution in [-0.2, 0) is 6.42 Å². The average Bonchev–Trinajstić information content (AvgIpc) is 1.56. The second kappa shape index (κ2) is 29.9. The highest BCUT2D eigenvalue weighted by Gasteiger charge is 2.28. The molecule has 0 saturated heterocycles. The van der Waals surface area contributed by atoms with Crippen molar-refractivity contribution in [1.82, 2.24) is 41.1 Å². The van der Waals surface area contributed by atoms with Gasteiger partial charge in [-0.25, -0.2) is 0 Å². The minimum Gasteiger partial charge on any atom is -0.309 e. The highest BCUT2D eigenvalue weighted by atomic mass is 15.1. The Balaban J connectivity index is 0.535. The number of benzene rings is 21. The van der Waals surface area contributed by atoms with Gasteiger partial charge in [-0.3, -0.25) is 0 Å². The molecule has 1 atom stereocenters. The summed E-state index contributed by atoms with van der Waals surface area (Å²) in [6.07, 6.45) is 0.737. The lowest BCUT2D eigenvalue weighted by molar-refractivity contribution is 0.920. The Hall–Kier alpha value is -18.2. The average molecular weight is 1790 g/mol. The minimum atomic E-state index is 0.0149. The Labute approximate surface area is 804 Å². The Morgan fingerprint density at radius 3 is 0.693 bits per heavy atom. The van der Waals surface area contributed by atoms with Gasteiger partial charge in [0.25, 0.3) is 0 Å². The van der Waals surface area contributed by atoms with Crippen LogP contribution in [0.2, 0.25) is 0 Å². The smallest absolute Gasteiger partial charge is 0.0544 e. The third-order valence-corrected chi connectivity index (χ3v) is 30.9. The standard InChI is InChI=1S/C131H87N9/c1-80-27-24-28-81(2)131(80)140-128-67-59-92(137-119-49-20-10-39-101(119)102-40-11-21-50-120(102)137)77-111(128)112-78-93(60-68-129(112)140)138-122-52-23-13-42-104(122)106-71-84(53-62-123(106)138)69-83-29-25-31-87(70-83)132-124-63-55-89(134-113-43-14-4-33-95(113)96-34-5-15-44-114(96)134)74-107(124)110-79-94(58-66-125(110)132)139-121-51-22-12-41-103(121)105-61-54-86(73-130(105)139)82(3)85-30-26-32-88(72-85)133-126-64-56-90(135-115-45-16-6-35-97(115)98-36-7-17-46-116(98)135)75-108(126)109-76-91(57-65-127(109)133)136-117-47-18-8-37-99(117)100-38-9-19-48-118(100)136/h4-68,70-79,82H,69H2,1-3H3. The van der Waals surface area contributed by atoms with E-state index in [4.69, 9.17) is 0 Å². The maximum absolute atomic E-state index is 2.53. The van der Waals surface area contributed by atoms with Gasteiger partial charge in [0.1, 0.15) is 0 Å². The van der Waals surface area contributed by atoms with Gasteiger partial charge in [0.2, 0.25) is 0 Å². The van der Waals surface area contributed by atoms with Crippen molar-refractivity contribution in [3.05, 3.63) is 488 Å². The molecule has 0 N–H and O–H groups in total. The van der Waals surface area contributed by atoms with Gasteiger partial charge in [-0.2, -0.15) is 0 Å². The lowest BCUT2D eigenvalue weighted by Gasteiger charge is -2.17. The molecule has 9 heterocycles. The number of para-hydroxylation sites is 11. The maximum Gasteiger partial charge on any atom is 0.0544 e. The molecule has 0 aliphatic carbocycles. The first kappa shape index (κ1) is 78.2. The molecule has 0 bridgehead atoms. The monoisotopic (exact) mass is 1790 g/mol. The first-order valence-electron chi connectivity index (χ1n) is 48.7. The molecular formula is C131H87N9. The Kier molecular flexibility index (Phi) is 16.7. The Morgan fingerprint density at radius 1 is 0.150 bits per heavy atom. The summed E-state index contributed by atoms with van der Waals surface area (Å²) in [6.45, 7) is 6.87. The highest BCUT2D eigenvalue weighted by Crippen LogP contribution is 2.48. The maximum atomic E-state index is 2.53. The normalized spacial score (nSPS) is 12.5. The SMILES string of the molecule is Cc1cccc(C)c1-n1c2ccc(-n3c4ccccc4c4ccccc43)cc2c2cc(-n3c4ccccc4c4cc(Cc5cccc(-n6c7ccc(-n8c9ccccc9c9ccccc98)cc7c7cc(-n8c9ccccc9c9ccc(C(C)c%10cccc(-n%11c%12ccc(-n%13c%14ccccc%14c%14ccccc%14%13)cc%12c%12cc(-n%13c%14ccccc%14c%14ccccc%14%13)ccc%12%11)c%10)cc98)ccc76)c5)ccc43)ccc21. The van der Waals surface area contributed by atoms with Crippen LogP contribution in [0.3, 0.4) is 0 Å². The van der Waals surface area contributed by atoms with Crippen molar-refractivity contribution in [2.24, 2.45) is 0 Å². The first-order chi connectivity index (χ1) is 69.2. The van der Waals surface area contributed by atoms with Gasteiger partial charge in [0.05, 0.1) is 105 Å². The van der Waals surface area contributed by atoms with Crippen molar-refractivity contribution in [3.8, 4) is 51.2 Å². The summed E-state index contributed by atoms with van der Waals surface area (Å²) < 4.78 is 22.3. The molecule has 0 spiro atoms. The third-order valence-electron chi connectivity index (χ3n) is 30.9. The van der Waals surface area contributed by atoms with Gasteiger partial charge in [-0.15, -0.1) is 0 Å². The molecule has 0 aliphatic rings. The molecule has 0 saturated carbocycles. The van der Waals surface area contributed by atoms with E-state index in [1.807, 2.05) is 0 Å². The van der Waals surface area contributed by atoms with Gasteiger partial charge in [-0.1, -0.05) is 250 Å². The summed E-state index contributed by atoms with van der Waals surface area (Å²) in [5, 5.41) is 22.0. The van der Waals surface area contributed by atoms with Crippen molar-refractivity contribution >= 4 is 196 Å². The fourth-order valence-electron chi connectivity index (χ4n) is 24.7. The number of rotatable bonds is 13. The molecule has 0 radical (unpaired) electrons. The molecule has 9 nitrogen and oxygen atoms in total. The zero-order valence-electron chi connectivity index (χ0n) is 77.1. The van der Waals surface area contributed by atoms with E-state index >= 15 is 0 Å². The fraction of sp³-hybridized carbons (Fsp3) is 0.0382. The zero-order chi connectivity index (χ0) is 92.0. The van der Waals surface area contributed by atoms with E-state index in [1.54, 1.807) is 0 Å². The predicted molar refractivity (Wildman–Crippen MR) is 588 cm³/mol. The van der Waals surface area contributed by atoms with Gasteiger partial charge in [0, 0.05) is 148 Å². The summed E-state index contributed by atoms with van der Waals surface area (Å²) in [7, 11) is 0. The molecule has 0 amide bonds. The van der Waals surface area contributed by atoms with Crippen LogP contribution in [-0.4, -0.2) is 41.1 Å². The molecule has 30 aromatic rings. The van der Waals surface area contributed by atoms with Crippen LogP contribution in [0, 0.1) is 13.8 Å². The van der Waals surface area contributed by atoms with Crippen LogP contribution < -0.4 is 0 Å². The van der Waals surface area contributed by atoms with E-state index in [0.29, 0.717) is 0 Å². The predicted octanol–water partition coefficient (Wildman–Crippen LogP) is 33.9. The number of nitrogens with zero attached hydrogens (tertiary/aromatic N) is 9. The van der Waals surface area contributed by atoms with Gasteiger partial charge in [0.15, 0.2) is 0 Å². The van der Waals surface area contributed by atoms with Crippen LogP contribution in [0.4, 0.5) is 0 Å². The second-order valence-corrected chi connectivity index (χ2v) is 38.4. The molecule has 656 valence electrons. The van der Waals surface area contributed by atoms with Crippen LogP contribution in [0.5, 0.6) is 0 Å². The van der Waals surface area contributed by atoms with Crippen molar-refractivity contribution in [2.75, 3.05) is 0 Å². The highest BCUT2D eigenvalue weighted by molar-refractivity contribution is 6.20. The van der Waals surface area contributed by atoms with E-state index in [9.17, 15) is 0 Å². The molecule has 9 heteroatoms. The Bertz CT molecular complexity index is 10200. The molecular weight excluding hydrogens is 1700 g/mol. The molecule has 0 fully saturated rings. The van der Waals surface area contributed by atoms with Gasteiger partial charge in [-0.05, 0) is 266 Å². The van der Waals surface area contributed by atoms with E-state index in [2.05, 4.69) is 517 Å². The number of fused-ring (bicyclic) bond motifs is 27. The summed E-state index contributed by atoms with van der Waals surface area (Å²) in [5.74, 6) is 0.0149. The van der Waals surface area contributed by atoms with Crippen LogP contribution in [0.15, 0.2) is 455 Å². The Morgan fingerprint density at radius 2 is 0.371 bits per heavy atom. The van der Waals surface area contributed by atoms with Crippen LogP contribution in [0.1, 0.15) is 46.2 Å². The van der Waals surface area contributed by atoms with Crippen molar-refractivity contribution in [3.63, 3.8) is 0 Å². The van der Waals surface area contributed by atoms with Crippen molar-refractivity contribution in [2.45, 2.75) is 33.1 Å². The van der Waals surface area contributed by atoms with Gasteiger partial charge < -0.3 is 41.1 Å². The lowest BCUT2D eigenvalue weighted by Crippen LogP contribution is -2.01. The minimum absolute atomic E-state index is 0.0149. The van der Waals surface area contributed by atoms with Crippen molar-refractivity contribution in [1.29, 1.82) is 0 Å². The first-order valence-corrected chi connectivity index (χ1v) is 48.7. The van der Waals surface area contributed by atoms with E-state index < -0.39 is 0 Å². The fourth-order valence-corrected chi connectivity index (χ4v) is 24.7. The van der Waals surface area contributed by atoms with E-state index in [-0.39, 0.29) is 5.92 Å². The molecule has 30 rings (SSSR count). The molecule has 1 unspecified atom stereocenters. The largest absolute Gasteiger partial charge is 0.309 e. The number of hydrogen-bond acceptors (Lipinski definition) is 0. The molecule has 21 aromatic carbocycles. The second-order valence-electron chi connectivity index (χ2n) is 38.4. The number of hydrogen-bond donors (Lipinski definition) is 0. The summed E-state index contributed by atoms with van der Waals surface area (Å²) in [6, 6.07) is 171. The molecule has 140 heavy (non-hydrogen) atoms. The topological polar surface area (TPSA) is 44.4 Å². The van der Waals surface area contributed by atoms with E-state index in [0.717, 1.165) is 85.0 Å². The summed E-state index contributed by atoms with van der Waals surface area (Å²) >= 11 is 0. The van der Waals surface area contributed by atoms with Gasteiger partial charge >= 0.3 is 0 Å². The number of aromatic nitrogens is 9. The zero-order valence-corrected chi connectivity index (χ0v) is 77.1. The number of aryl methyl sites for hydroxylation is 2. The summed E-state index contributed by atoms with van der Waals surface area (Å²) in [5.41, 5.74) is 38.7. The third kappa shape index (κ3) is 11.4.